The predicted octanol–water partition coefficient (Wildman–Crippen LogP) is 3.22. The fourth-order valence-corrected chi connectivity index (χ4v) is 2.68. The molecule has 0 spiro atoms. The van der Waals surface area contributed by atoms with Crippen molar-refractivity contribution in [3.8, 4) is 5.75 Å². The number of ether oxygens (including phenoxy) is 1. The number of hydrogen-bond donors (Lipinski definition) is 1. The number of aryl methyl sites for hydroxylation is 1. The molecule has 3 rings (SSSR count). The Labute approximate surface area is 141 Å². The van der Waals surface area contributed by atoms with Crippen molar-refractivity contribution in [2.24, 2.45) is 13.0 Å². The number of rotatable bonds is 4. The average molecular weight is 323 g/mol. The maximum Gasteiger partial charge on any atom is 0.252 e. The van der Waals surface area contributed by atoms with Crippen LogP contribution in [0.3, 0.4) is 0 Å². The van der Waals surface area contributed by atoms with E-state index in [4.69, 9.17) is 4.74 Å². The van der Waals surface area contributed by atoms with Gasteiger partial charge in [-0.05, 0) is 24.1 Å². The van der Waals surface area contributed by atoms with Crippen LogP contribution in [0.4, 0.5) is 0 Å². The fraction of sp³-hybridized carbons (Fsp3) is 0.263. The number of amides is 1. The summed E-state index contributed by atoms with van der Waals surface area (Å²) < 4.78 is 7.47. The molecular weight excluding hydrogens is 302 g/mol. The maximum absolute atomic E-state index is 12.8. The van der Waals surface area contributed by atoms with E-state index in [1.165, 1.54) is 0 Å². The Balaban J connectivity index is 1.86. The lowest BCUT2D eigenvalue weighted by Gasteiger charge is -2.22. The number of carbonyl (C=O) groups excluding carboxylic acids is 1. The van der Waals surface area contributed by atoms with E-state index in [1.54, 1.807) is 18.5 Å². The van der Waals surface area contributed by atoms with E-state index in [1.807, 2.05) is 48.2 Å². The Morgan fingerprint density at radius 3 is 2.79 bits per heavy atom. The Bertz CT molecular complexity index is 802. The highest BCUT2D eigenvalue weighted by atomic mass is 16.5. The van der Waals surface area contributed by atoms with Crippen molar-refractivity contribution in [2.75, 3.05) is 0 Å². The highest BCUT2D eigenvalue weighted by molar-refractivity contribution is 6.01. The first-order valence-electron chi connectivity index (χ1n) is 7.98. The normalized spacial score (nSPS) is 14.4. The van der Waals surface area contributed by atoms with E-state index in [0.29, 0.717) is 5.57 Å². The van der Waals surface area contributed by atoms with E-state index in [9.17, 15) is 4.79 Å². The molecule has 0 fully saturated rings. The predicted molar refractivity (Wildman–Crippen MR) is 93.1 cm³/mol. The second-order valence-corrected chi connectivity index (χ2v) is 6.15. The number of nitrogens with zero attached hydrogens (tertiary/aromatic N) is 2. The molecule has 5 nitrogen and oxygen atoms in total. The molecule has 124 valence electrons. The molecule has 0 bridgehead atoms. The molecule has 0 unspecified atom stereocenters. The molecular formula is C19H21N3O2. The summed E-state index contributed by atoms with van der Waals surface area (Å²) in [4.78, 5) is 17.1. The third-order valence-electron chi connectivity index (χ3n) is 4.02. The number of imidazole rings is 1. The lowest BCUT2D eigenvalue weighted by Crippen LogP contribution is -2.34. The standard InChI is InChI=1S/C19H21N3O2/c1-13(2)17(18-20-9-10-22(18)3)21-19(23)15-8-11-24-16-7-5-4-6-14(16)12-15/h4-13,17H,1-3H3,(H,21,23)/t17-/m0/s1. The summed E-state index contributed by atoms with van der Waals surface area (Å²) in [5.41, 5.74) is 1.44. The molecule has 0 aliphatic carbocycles. The minimum atomic E-state index is -0.161. The molecule has 1 aromatic carbocycles. The van der Waals surface area contributed by atoms with Gasteiger partial charge < -0.3 is 14.6 Å². The molecule has 0 saturated heterocycles. The van der Waals surface area contributed by atoms with Crippen molar-refractivity contribution in [3.63, 3.8) is 0 Å². The Kier molecular flexibility index (Phi) is 4.51. The molecule has 0 radical (unpaired) electrons. The van der Waals surface area contributed by atoms with Gasteiger partial charge in [-0.15, -0.1) is 0 Å². The van der Waals surface area contributed by atoms with Crippen molar-refractivity contribution in [3.05, 3.63) is 66.0 Å². The van der Waals surface area contributed by atoms with Gasteiger partial charge in [0.25, 0.3) is 5.91 Å². The largest absolute Gasteiger partial charge is 0.464 e. The summed E-state index contributed by atoms with van der Waals surface area (Å²) in [6, 6.07) is 7.47. The zero-order chi connectivity index (χ0) is 17.1. The van der Waals surface area contributed by atoms with Crippen molar-refractivity contribution in [2.45, 2.75) is 19.9 Å². The van der Waals surface area contributed by atoms with Gasteiger partial charge in [0.15, 0.2) is 0 Å². The summed E-state index contributed by atoms with van der Waals surface area (Å²) >= 11 is 0. The van der Waals surface area contributed by atoms with Crippen LogP contribution < -0.4 is 10.1 Å². The molecule has 24 heavy (non-hydrogen) atoms. The zero-order valence-electron chi connectivity index (χ0n) is 14.1. The number of aromatic nitrogens is 2. The topological polar surface area (TPSA) is 56.1 Å². The van der Waals surface area contributed by atoms with Gasteiger partial charge in [-0.1, -0.05) is 32.0 Å². The minimum absolute atomic E-state index is 0.145. The number of para-hydroxylation sites is 1. The first-order valence-corrected chi connectivity index (χ1v) is 7.98. The zero-order valence-corrected chi connectivity index (χ0v) is 14.1. The molecule has 1 aromatic heterocycles. The first kappa shape index (κ1) is 16.1. The van der Waals surface area contributed by atoms with Gasteiger partial charge in [-0.2, -0.15) is 0 Å². The Hall–Kier alpha value is -2.82. The van der Waals surface area contributed by atoms with Crippen LogP contribution in [0.25, 0.3) is 6.08 Å². The van der Waals surface area contributed by atoms with Crippen LogP contribution in [-0.4, -0.2) is 15.5 Å². The quantitative estimate of drug-likeness (QED) is 0.940. The van der Waals surface area contributed by atoms with Crippen molar-refractivity contribution in [1.82, 2.24) is 14.9 Å². The number of nitrogens with one attached hydrogen (secondary N) is 1. The maximum atomic E-state index is 12.8. The summed E-state index contributed by atoms with van der Waals surface area (Å²) in [6.45, 7) is 4.13. The number of benzene rings is 1. The molecule has 5 heteroatoms. The van der Waals surface area contributed by atoms with Crippen LogP contribution in [0.1, 0.15) is 31.3 Å². The van der Waals surface area contributed by atoms with Crippen LogP contribution >= 0.6 is 0 Å². The summed E-state index contributed by atoms with van der Waals surface area (Å²) in [6.07, 6.45) is 8.69. The lowest BCUT2D eigenvalue weighted by molar-refractivity contribution is -0.118. The minimum Gasteiger partial charge on any atom is -0.464 e. The van der Waals surface area contributed by atoms with E-state index in [0.717, 1.165) is 17.1 Å². The molecule has 1 amide bonds. The second kappa shape index (κ2) is 6.74. The van der Waals surface area contributed by atoms with Crippen molar-refractivity contribution in [1.29, 1.82) is 0 Å². The third kappa shape index (κ3) is 3.25. The Morgan fingerprint density at radius 2 is 2.08 bits per heavy atom. The van der Waals surface area contributed by atoms with E-state index in [2.05, 4.69) is 24.1 Å². The number of fused-ring (bicyclic) bond motifs is 1. The van der Waals surface area contributed by atoms with E-state index < -0.39 is 0 Å². The highest BCUT2D eigenvalue weighted by Crippen LogP contribution is 2.25. The lowest BCUT2D eigenvalue weighted by atomic mass is 10.0. The summed E-state index contributed by atoms with van der Waals surface area (Å²) in [7, 11) is 1.93. The molecule has 0 saturated carbocycles. The summed E-state index contributed by atoms with van der Waals surface area (Å²) in [5.74, 6) is 1.65. The second-order valence-electron chi connectivity index (χ2n) is 6.15. The molecule has 2 heterocycles. The molecule has 1 aliphatic rings. The van der Waals surface area contributed by atoms with E-state index >= 15 is 0 Å². The van der Waals surface area contributed by atoms with Gasteiger partial charge in [-0.3, -0.25) is 4.79 Å². The number of carbonyl (C=O) groups is 1. The van der Waals surface area contributed by atoms with Gasteiger partial charge in [0.1, 0.15) is 11.6 Å². The van der Waals surface area contributed by atoms with Gasteiger partial charge in [0, 0.05) is 30.6 Å². The highest BCUT2D eigenvalue weighted by Gasteiger charge is 2.23. The number of hydrogen-bond acceptors (Lipinski definition) is 3. The van der Waals surface area contributed by atoms with Crippen LogP contribution in [0.15, 0.2) is 54.6 Å². The molecule has 1 aliphatic heterocycles. The van der Waals surface area contributed by atoms with Gasteiger partial charge >= 0.3 is 0 Å². The van der Waals surface area contributed by atoms with Gasteiger partial charge in [0.2, 0.25) is 0 Å². The average Bonchev–Trinajstić information content (AvgIpc) is 2.86. The molecule has 1 N–H and O–H groups in total. The Morgan fingerprint density at radius 1 is 1.29 bits per heavy atom. The van der Waals surface area contributed by atoms with Crippen LogP contribution in [0, 0.1) is 5.92 Å². The van der Waals surface area contributed by atoms with Crippen molar-refractivity contribution < 1.29 is 9.53 Å². The van der Waals surface area contributed by atoms with Gasteiger partial charge in [-0.25, -0.2) is 4.98 Å². The molecule has 1 atom stereocenters. The monoisotopic (exact) mass is 323 g/mol. The summed E-state index contributed by atoms with van der Waals surface area (Å²) in [5, 5.41) is 3.09. The van der Waals surface area contributed by atoms with Crippen LogP contribution in [-0.2, 0) is 11.8 Å². The fourth-order valence-electron chi connectivity index (χ4n) is 2.68. The van der Waals surface area contributed by atoms with Crippen molar-refractivity contribution >= 4 is 12.0 Å². The van der Waals surface area contributed by atoms with Crippen LogP contribution in [0.2, 0.25) is 0 Å². The molecule has 2 aromatic rings. The SMILES string of the molecule is CC(C)[C@H](NC(=O)C1=Cc2ccccc2OC=C1)c1nccn1C. The van der Waals surface area contributed by atoms with Crippen LogP contribution in [0.5, 0.6) is 5.75 Å². The smallest absolute Gasteiger partial charge is 0.252 e. The third-order valence-corrected chi connectivity index (χ3v) is 4.02. The first-order chi connectivity index (χ1) is 11.6. The van der Waals surface area contributed by atoms with Gasteiger partial charge in [0.05, 0.1) is 12.3 Å². The van der Waals surface area contributed by atoms with E-state index in [-0.39, 0.29) is 17.9 Å².